The first kappa shape index (κ1) is 19.2. The Morgan fingerprint density at radius 3 is 2.46 bits per heavy atom. The Kier molecular flexibility index (Phi) is 5.07. The van der Waals surface area contributed by atoms with Crippen LogP contribution in [-0.4, -0.2) is 62.0 Å². The van der Waals surface area contributed by atoms with Crippen LogP contribution in [0.1, 0.15) is 45.0 Å². The summed E-state index contributed by atoms with van der Waals surface area (Å²) in [6.45, 7) is 11.7. The third-order valence-electron chi connectivity index (χ3n) is 5.61. The van der Waals surface area contributed by atoms with Crippen LogP contribution in [-0.2, 0) is 14.0 Å². The molecule has 1 atom stereocenters. The molecule has 2 saturated heterocycles. The van der Waals surface area contributed by atoms with E-state index in [9.17, 15) is 4.79 Å². The number of hydrogen-bond acceptors (Lipinski definition) is 5. The second-order valence-corrected chi connectivity index (χ2v) is 7.97. The monoisotopic (exact) mass is 361 g/mol. The molecule has 1 unspecified atom stereocenters. The molecule has 2 aliphatic heterocycles. The number of rotatable bonds is 3. The van der Waals surface area contributed by atoms with Crippen LogP contribution in [0.25, 0.3) is 0 Å². The Labute approximate surface area is 155 Å². The highest BCUT2D eigenvalue weighted by atomic mass is 16.7. The van der Waals surface area contributed by atoms with Gasteiger partial charge in [-0.25, -0.2) is 0 Å². The molecule has 2 aliphatic rings. The summed E-state index contributed by atoms with van der Waals surface area (Å²) in [4.78, 5) is 14.9. The van der Waals surface area contributed by atoms with Gasteiger partial charge in [-0.3, -0.25) is 4.79 Å². The Hall–Kier alpha value is -1.57. The van der Waals surface area contributed by atoms with Crippen molar-refractivity contribution in [1.29, 1.82) is 0 Å². The van der Waals surface area contributed by atoms with Gasteiger partial charge < -0.3 is 23.7 Å². The number of methoxy groups -OCH3 is 1. The van der Waals surface area contributed by atoms with Gasteiger partial charge >= 0.3 is 7.12 Å². The van der Waals surface area contributed by atoms with Crippen LogP contribution in [0.3, 0.4) is 0 Å². The van der Waals surface area contributed by atoms with Crippen LogP contribution >= 0.6 is 0 Å². The maximum Gasteiger partial charge on any atom is 0.494 e. The first-order valence-electron chi connectivity index (χ1n) is 9.08. The van der Waals surface area contributed by atoms with E-state index < -0.39 is 18.3 Å². The van der Waals surface area contributed by atoms with Crippen molar-refractivity contribution in [2.45, 2.75) is 51.9 Å². The second kappa shape index (κ2) is 6.87. The summed E-state index contributed by atoms with van der Waals surface area (Å²) in [6.07, 6.45) is 0. The van der Waals surface area contributed by atoms with Crippen LogP contribution in [0.15, 0.2) is 18.2 Å². The van der Waals surface area contributed by atoms with Gasteiger partial charge in [0.1, 0.15) is 5.75 Å². The number of hydrogen-bond donors (Lipinski definition) is 0. The highest BCUT2D eigenvalue weighted by molar-refractivity contribution is 6.62. The largest absolute Gasteiger partial charge is 0.496 e. The molecule has 2 fully saturated rings. The van der Waals surface area contributed by atoms with E-state index in [2.05, 4.69) is 0 Å². The lowest BCUT2D eigenvalue weighted by molar-refractivity contribution is 0.00345. The molecular weight excluding hydrogens is 333 g/mol. The summed E-state index contributed by atoms with van der Waals surface area (Å²) in [5.74, 6) is 0.491. The minimum atomic E-state index is -0.514. The van der Waals surface area contributed by atoms with E-state index in [1.54, 1.807) is 13.2 Å². The number of benzene rings is 1. The quantitative estimate of drug-likeness (QED) is 0.770. The summed E-state index contributed by atoms with van der Waals surface area (Å²) < 4.78 is 23.1. The maximum absolute atomic E-state index is 13.1. The molecule has 2 heterocycles. The summed E-state index contributed by atoms with van der Waals surface area (Å²) in [5, 5.41) is 0. The average molecular weight is 361 g/mol. The molecule has 0 aliphatic carbocycles. The van der Waals surface area contributed by atoms with Crippen LogP contribution in [0.2, 0.25) is 0 Å². The summed E-state index contributed by atoms with van der Waals surface area (Å²) in [6, 6.07) is 5.55. The number of morpholine rings is 1. The fourth-order valence-corrected chi connectivity index (χ4v) is 3.20. The van der Waals surface area contributed by atoms with Gasteiger partial charge in [0.2, 0.25) is 0 Å². The van der Waals surface area contributed by atoms with Crippen molar-refractivity contribution < 1.29 is 23.6 Å². The van der Waals surface area contributed by atoms with Crippen molar-refractivity contribution in [2.24, 2.45) is 0 Å². The van der Waals surface area contributed by atoms with E-state index in [4.69, 9.17) is 18.8 Å². The van der Waals surface area contributed by atoms with Gasteiger partial charge in [-0.2, -0.15) is 0 Å². The molecule has 0 radical (unpaired) electrons. The molecule has 1 aromatic rings. The Balaban J connectivity index is 1.91. The fraction of sp³-hybridized carbons (Fsp3) is 0.632. The van der Waals surface area contributed by atoms with Gasteiger partial charge in [-0.05, 0) is 52.2 Å². The molecule has 0 aromatic heterocycles. The van der Waals surface area contributed by atoms with Crippen molar-refractivity contribution in [2.75, 3.05) is 26.9 Å². The Morgan fingerprint density at radius 2 is 1.88 bits per heavy atom. The lowest BCUT2D eigenvalue weighted by Gasteiger charge is -2.33. The van der Waals surface area contributed by atoms with Crippen molar-refractivity contribution >= 4 is 18.5 Å². The van der Waals surface area contributed by atoms with E-state index in [0.717, 1.165) is 5.46 Å². The summed E-state index contributed by atoms with van der Waals surface area (Å²) in [5.41, 5.74) is 0.475. The minimum absolute atomic E-state index is 0.0291. The highest BCUT2D eigenvalue weighted by Crippen LogP contribution is 2.36. The zero-order valence-electron chi connectivity index (χ0n) is 16.5. The predicted octanol–water partition coefficient (Wildman–Crippen LogP) is 1.86. The van der Waals surface area contributed by atoms with E-state index in [1.807, 2.05) is 51.7 Å². The zero-order valence-corrected chi connectivity index (χ0v) is 16.5. The molecule has 0 spiro atoms. The summed E-state index contributed by atoms with van der Waals surface area (Å²) >= 11 is 0. The topological polar surface area (TPSA) is 57.2 Å². The third kappa shape index (κ3) is 3.35. The molecular formula is C19H28BNO5. The lowest BCUT2D eigenvalue weighted by Crippen LogP contribution is -2.47. The van der Waals surface area contributed by atoms with Crippen LogP contribution in [0, 0.1) is 0 Å². The Morgan fingerprint density at radius 1 is 1.23 bits per heavy atom. The maximum atomic E-state index is 13.1. The number of ether oxygens (including phenoxy) is 2. The molecule has 1 amide bonds. The third-order valence-corrected chi connectivity index (χ3v) is 5.61. The zero-order chi connectivity index (χ0) is 19.1. The fourth-order valence-electron chi connectivity index (χ4n) is 3.20. The van der Waals surface area contributed by atoms with Crippen LogP contribution < -0.4 is 10.2 Å². The SMILES string of the molecule is COc1ccc(B2OC(C)(C)C(C)(C)O2)cc1C(=O)N1CCOCC1C. The smallest absolute Gasteiger partial charge is 0.494 e. The molecule has 6 nitrogen and oxygen atoms in total. The first-order chi connectivity index (χ1) is 12.2. The molecule has 3 rings (SSSR count). The molecule has 0 saturated carbocycles. The molecule has 142 valence electrons. The first-order valence-corrected chi connectivity index (χ1v) is 9.08. The molecule has 1 aromatic carbocycles. The van der Waals surface area contributed by atoms with Crippen molar-refractivity contribution in [1.82, 2.24) is 4.90 Å². The van der Waals surface area contributed by atoms with Gasteiger partial charge in [0.15, 0.2) is 0 Å². The van der Waals surface area contributed by atoms with Crippen molar-refractivity contribution in [3.8, 4) is 5.75 Å². The van der Waals surface area contributed by atoms with E-state index >= 15 is 0 Å². The van der Waals surface area contributed by atoms with Crippen molar-refractivity contribution in [3.63, 3.8) is 0 Å². The second-order valence-electron chi connectivity index (χ2n) is 7.97. The van der Waals surface area contributed by atoms with Crippen LogP contribution in [0.5, 0.6) is 5.75 Å². The van der Waals surface area contributed by atoms with Gasteiger partial charge in [-0.15, -0.1) is 0 Å². The predicted molar refractivity (Wildman–Crippen MR) is 100 cm³/mol. The van der Waals surface area contributed by atoms with Gasteiger partial charge in [-0.1, -0.05) is 6.07 Å². The lowest BCUT2D eigenvalue weighted by atomic mass is 9.78. The van der Waals surface area contributed by atoms with E-state index in [-0.39, 0.29) is 11.9 Å². The minimum Gasteiger partial charge on any atom is -0.496 e. The molecule has 26 heavy (non-hydrogen) atoms. The van der Waals surface area contributed by atoms with Gasteiger partial charge in [0.25, 0.3) is 5.91 Å². The Bertz CT molecular complexity index is 675. The summed E-state index contributed by atoms with van der Waals surface area (Å²) in [7, 11) is 1.06. The van der Waals surface area contributed by atoms with E-state index in [0.29, 0.717) is 31.1 Å². The standard InChI is InChI=1S/C19H28BNO5/c1-13-12-24-10-9-21(13)17(22)15-11-14(7-8-16(15)23-6)20-25-18(2,3)19(4,5)26-20/h7-8,11,13H,9-10,12H2,1-6H3. The number of carbonyl (C=O) groups excluding carboxylic acids is 1. The molecule has 0 bridgehead atoms. The molecule has 7 heteroatoms. The number of amides is 1. The normalized spacial score (nSPS) is 24.6. The van der Waals surface area contributed by atoms with Crippen LogP contribution in [0.4, 0.5) is 0 Å². The highest BCUT2D eigenvalue weighted by Gasteiger charge is 2.51. The van der Waals surface area contributed by atoms with Gasteiger partial charge in [0.05, 0.1) is 43.1 Å². The van der Waals surface area contributed by atoms with E-state index in [1.165, 1.54) is 0 Å². The van der Waals surface area contributed by atoms with Gasteiger partial charge in [0, 0.05) is 6.54 Å². The number of nitrogens with zero attached hydrogens (tertiary/aromatic N) is 1. The average Bonchev–Trinajstić information content (AvgIpc) is 2.82. The number of carbonyl (C=O) groups is 1. The molecule has 0 N–H and O–H groups in total. The van der Waals surface area contributed by atoms with Crippen molar-refractivity contribution in [3.05, 3.63) is 23.8 Å².